The van der Waals surface area contributed by atoms with Crippen molar-refractivity contribution >= 4 is 52.5 Å². The average molecular weight is 691 g/mol. The molecule has 2 aliphatic carbocycles. The number of ether oxygens (including phenoxy) is 2. The third-order valence-electron chi connectivity index (χ3n) is 10.4. The van der Waals surface area contributed by atoms with Crippen LogP contribution in [0.1, 0.15) is 29.9 Å². The fraction of sp³-hybridized carbons (Fsp3) is 0.333. The van der Waals surface area contributed by atoms with Gasteiger partial charge in [0.05, 0.1) is 47.6 Å². The fourth-order valence-electron chi connectivity index (χ4n) is 8.35. The highest BCUT2D eigenvalue weighted by molar-refractivity contribution is 6.36. The van der Waals surface area contributed by atoms with Gasteiger partial charge in [-0.05, 0) is 60.7 Å². The van der Waals surface area contributed by atoms with Gasteiger partial charge < -0.3 is 14.6 Å². The van der Waals surface area contributed by atoms with Gasteiger partial charge in [0.15, 0.2) is 0 Å². The zero-order valence-corrected chi connectivity index (χ0v) is 27.7. The number of amides is 4. The topological polar surface area (TPSA) is 125 Å². The maximum atomic E-state index is 15.3. The van der Waals surface area contributed by atoms with Crippen LogP contribution in [0.25, 0.3) is 0 Å². The van der Waals surface area contributed by atoms with E-state index in [1.165, 1.54) is 18.0 Å². The molecular formula is C36H33Cl2N3O7. The van der Waals surface area contributed by atoms with Gasteiger partial charge in [-0.2, -0.15) is 5.01 Å². The van der Waals surface area contributed by atoms with Crippen LogP contribution < -0.4 is 14.9 Å². The van der Waals surface area contributed by atoms with Crippen LogP contribution in [0, 0.1) is 23.7 Å². The Balaban J connectivity index is 1.48. The number of carbonyl (C=O) groups is 4. The van der Waals surface area contributed by atoms with Crippen molar-refractivity contribution in [2.75, 3.05) is 32.8 Å². The molecule has 2 heterocycles. The van der Waals surface area contributed by atoms with E-state index in [4.69, 9.17) is 32.7 Å². The summed E-state index contributed by atoms with van der Waals surface area (Å²) < 4.78 is 11.5. The molecule has 48 heavy (non-hydrogen) atoms. The van der Waals surface area contributed by atoms with Gasteiger partial charge in [-0.1, -0.05) is 65.2 Å². The normalized spacial score (nSPS) is 27.8. The number of hydrogen-bond donors (Lipinski definition) is 2. The van der Waals surface area contributed by atoms with Crippen LogP contribution >= 0.6 is 23.2 Å². The Morgan fingerprint density at radius 3 is 2.42 bits per heavy atom. The number of imide groups is 2. The summed E-state index contributed by atoms with van der Waals surface area (Å²) in [7, 11) is 3.04. The van der Waals surface area contributed by atoms with E-state index in [1.54, 1.807) is 55.6 Å². The first-order valence-corrected chi connectivity index (χ1v) is 16.5. The molecule has 0 unspecified atom stereocenters. The molecule has 0 bridgehead atoms. The third-order valence-corrected chi connectivity index (χ3v) is 10.9. The molecule has 2 saturated heterocycles. The lowest BCUT2D eigenvalue weighted by molar-refractivity contribution is -0.140. The first-order valence-electron chi connectivity index (χ1n) is 15.7. The molecule has 1 saturated carbocycles. The number of allylic oxidation sites excluding steroid dienone is 2. The van der Waals surface area contributed by atoms with Crippen molar-refractivity contribution in [2.45, 2.75) is 24.2 Å². The lowest BCUT2D eigenvalue weighted by atomic mass is 9.49. The molecule has 6 atom stereocenters. The van der Waals surface area contributed by atoms with E-state index in [0.29, 0.717) is 39.8 Å². The second kappa shape index (κ2) is 12.3. The molecule has 2 aliphatic heterocycles. The highest BCUT2D eigenvalue weighted by Gasteiger charge is 2.70. The first kappa shape index (κ1) is 32.2. The van der Waals surface area contributed by atoms with E-state index < -0.39 is 46.8 Å². The van der Waals surface area contributed by atoms with E-state index >= 15 is 4.79 Å². The number of nitrogens with zero attached hydrogens (tertiary/aromatic N) is 2. The van der Waals surface area contributed by atoms with Crippen molar-refractivity contribution < 1.29 is 33.8 Å². The minimum absolute atomic E-state index is 0.00325. The Labute approximate surface area is 287 Å². The third kappa shape index (κ3) is 4.72. The number of para-hydroxylation sites is 1. The summed E-state index contributed by atoms with van der Waals surface area (Å²) in [5, 5.41) is 11.3. The maximum Gasteiger partial charge on any atom is 0.260 e. The molecule has 10 nitrogen and oxygen atoms in total. The van der Waals surface area contributed by atoms with Crippen LogP contribution in [-0.2, 0) is 24.6 Å². The molecule has 0 aromatic heterocycles. The molecule has 3 aromatic carbocycles. The number of halogens is 2. The molecule has 0 radical (unpaired) electrons. The molecule has 248 valence electrons. The van der Waals surface area contributed by atoms with Gasteiger partial charge in [-0.3, -0.25) is 29.5 Å². The van der Waals surface area contributed by atoms with Crippen molar-refractivity contribution in [3.63, 3.8) is 0 Å². The van der Waals surface area contributed by atoms with E-state index in [0.717, 1.165) is 10.6 Å². The van der Waals surface area contributed by atoms with Crippen LogP contribution in [0.2, 0.25) is 10.0 Å². The highest BCUT2D eigenvalue weighted by Crippen LogP contribution is 2.65. The Morgan fingerprint density at radius 2 is 1.71 bits per heavy atom. The lowest BCUT2D eigenvalue weighted by Crippen LogP contribution is -2.53. The molecule has 4 amide bonds. The van der Waals surface area contributed by atoms with Gasteiger partial charge in [0.2, 0.25) is 11.8 Å². The van der Waals surface area contributed by atoms with Gasteiger partial charge in [-0.25, -0.2) is 0 Å². The number of likely N-dealkylation sites (tertiary alicyclic amines) is 1. The molecular weight excluding hydrogens is 657 g/mol. The number of hydrazine groups is 1. The number of hydrogen-bond acceptors (Lipinski definition) is 8. The summed E-state index contributed by atoms with van der Waals surface area (Å²) in [5.74, 6) is -4.02. The monoisotopic (exact) mass is 689 g/mol. The van der Waals surface area contributed by atoms with E-state index in [2.05, 4.69) is 5.43 Å². The minimum atomic E-state index is -1.51. The molecule has 12 heteroatoms. The summed E-state index contributed by atoms with van der Waals surface area (Å²) in [6, 6.07) is 19.0. The SMILES string of the molecule is COc1ccc([C@@]23C(=O)N(Nc4ccc(Cl)cc4Cl)C(=O)[C@@H]2C[C@@H]2C(=CC[C@@H]4C(=O)N(C)C(=O)[C@@H]42)[C@@H]3c2ccccc2OCCO)cc1. The summed E-state index contributed by atoms with van der Waals surface area (Å²) in [6.45, 7) is -0.233. The van der Waals surface area contributed by atoms with Crippen LogP contribution in [0.5, 0.6) is 11.5 Å². The van der Waals surface area contributed by atoms with Crippen molar-refractivity contribution in [3.8, 4) is 11.5 Å². The van der Waals surface area contributed by atoms with Crippen LogP contribution in [0.4, 0.5) is 5.69 Å². The molecule has 7 rings (SSSR count). The van der Waals surface area contributed by atoms with E-state index in [1.807, 2.05) is 18.2 Å². The van der Waals surface area contributed by atoms with Crippen LogP contribution in [0.3, 0.4) is 0 Å². The van der Waals surface area contributed by atoms with Gasteiger partial charge >= 0.3 is 0 Å². The minimum Gasteiger partial charge on any atom is -0.497 e. The number of carbonyl (C=O) groups excluding carboxylic acids is 4. The Morgan fingerprint density at radius 1 is 0.958 bits per heavy atom. The standard InChI is InChI=1S/C36H33Cl2N3O7/c1-40-32(43)24-13-12-22-25(30(24)34(40)45)18-26-33(44)41(39-28-14-9-20(37)17-27(28)38)35(46)36(26,19-7-10-21(47-2)11-8-19)31(22)23-5-3-4-6-29(23)48-16-15-42/h3-12,14,17,24-26,30-31,39,42H,13,15-16,18H2,1-2H3/t24-,25+,26-,30-,31+,36+/m0/s1. The van der Waals surface area contributed by atoms with Crippen molar-refractivity contribution in [1.29, 1.82) is 0 Å². The van der Waals surface area contributed by atoms with Gasteiger partial charge in [0.1, 0.15) is 18.1 Å². The quantitative estimate of drug-likeness (QED) is 0.251. The zero-order valence-electron chi connectivity index (χ0n) is 26.2. The Bertz CT molecular complexity index is 1860. The van der Waals surface area contributed by atoms with Crippen molar-refractivity contribution in [2.24, 2.45) is 23.7 Å². The van der Waals surface area contributed by atoms with Gasteiger partial charge in [0, 0.05) is 23.6 Å². The second-order valence-electron chi connectivity index (χ2n) is 12.6. The number of aliphatic hydroxyl groups excluding tert-OH is 1. The summed E-state index contributed by atoms with van der Waals surface area (Å²) in [4.78, 5) is 58.1. The number of aliphatic hydroxyl groups is 1. The van der Waals surface area contributed by atoms with Crippen molar-refractivity contribution in [3.05, 3.63) is 99.6 Å². The van der Waals surface area contributed by atoms with Crippen LogP contribution in [-0.4, -0.2) is 66.0 Å². The fourth-order valence-corrected chi connectivity index (χ4v) is 8.80. The summed E-state index contributed by atoms with van der Waals surface area (Å²) in [5.41, 5.74) is 3.78. The smallest absolute Gasteiger partial charge is 0.260 e. The Kier molecular flexibility index (Phi) is 8.22. The van der Waals surface area contributed by atoms with E-state index in [9.17, 15) is 19.5 Å². The number of methoxy groups -OCH3 is 1. The summed E-state index contributed by atoms with van der Waals surface area (Å²) in [6.07, 6.45) is 2.45. The van der Waals surface area contributed by atoms with Gasteiger partial charge in [-0.15, -0.1) is 0 Å². The molecule has 2 N–H and O–H groups in total. The number of anilines is 1. The predicted octanol–water partition coefficient (Wildman–Crippen LogP) is 4.99. The Hall–Kier alpha value is -4.38. The average Bonchev–Trinajstić information content (AvgIpc) is 3.45. The van der Waals surface area contributed by atoms with Gasteiger partial charge in [0.25, 0.3) is 11.8 Å². The molecule has 3 aromatic rings. The highest BCUT2D eigenvalue weighted by atomic mass is 35.5. The van der Waals surface area contributed by atoms with E-state index in [-0.39, 0.29) is 36.5 Å². The number of benzene rings is 3. The van der Waals surface area contributed by atoms with Crippen molar-refractivity contribution in [1.82, 2.24) is 9.91 Å². The molecule has 4 aliphatic rings. The molecule has 0 spiro atoms. The first-order chi connectivity index (χ1) is 23.1. The number of fused-ring (bicyclic) bond motifs is 4. The van der Waals surface area contributed by atoms with Crippen LogP contribution in [0.15, 0.2) is 78.4 Å². The maximum absolute atomic E-state index is 15.3. The zero-order chi connectivity index (χ0) is 33.9. The predicted molar refractivity (Wildman–Crippen MR) is 177 cm³/mol. The molecule has 3 fully saturated rings. The lowest BCUT2D eigenvalue weighted by Gasteiger charge is -2.50. The largest absolute Gasteiger partial charge is 0.497 e. The number of nitrogens with one attached hydrogen (secondary N) is 1. The summed E-state index contributed by atoms with van der Waals surface area (Å²) >= 11 is 12.7. The number of rotatable bonds is 8. The second-order valence-corrected chi connectivity index (χ2v) is 13.4.